The van der Waals surface area contributed by atoms with Gasteiger partial charge in [0.25, 0.3) is 0 Å². The van der Waals surface area contributed by atoms with E-state index in [4.69, 9.17) is 14.5 Å². The first-order chi connectivity index (χ1) is 17.0. The fraction of sp³-hybridized carbons (Fsp3) is 0.750. The molecule has 0 radical (unpaired) electrons. The molecule has 0 spiro atoms. The Bertz CT molecular complexity index is 915. The van der Waals surface area contributed by atoms with Gasteiger partial charge in [-0.3, -0.25) is 9.78 Å². The number of rotatable bonds is 10. The van der Waals surface area contributed by atoms with Gasteiger partial charge in [0.05, 0.1) is 17.6 Å². The van der Waals surface area contributed by atoms with E-state index < -0.39 is 17.4 Å². The van der Waals surface area contributed by atoms with Crippen molar-refractivity contribution in [3.8, 4) is 0 Å². The van der Waals surface area contributed by atoms with Crippen LogP contribution in [0.4, 0.5) is 0 Å². The van der Waals surface area contributed by atoms with E-state index in [1.54, 1.807) is 0 Å². The van der Waals surface area contributed by atoms with Gasteiger partial charge in [-0.15, -0.1) is 0 Å². The summed E-state index contributed by atoms with van der Waals surface area (Å²) in [6, 6.07) is 3.56. The first-order valence-electron chi connectivity index (χ1n) is 13.8. The average Bonchev–Trinajstić information content (AvgIpc) is 3.29. The zero-order valence-electron chi connectivity index (χ0n) is 20.8. The summed E-state index contributed by atoms with van der Waals surface area (Å²) in [7, 11) is 0. The molecule has 5 rings (SSSR count). The van der Waals surface area contributed by atoms with Crippen molar-refractivity contribution in [3.63, 3.8) is 0 Å². The van der Waals surface area contributed by atoms with Crippen LogP contribution in [-0.4, -0.2) is 53.4 Å². The molecule has 7 heteroatoms. The summed E-state index contributed by atoms with van der Waals surface area (Å²) in [6.45, 7) is 0.943. The van der Waals surface area contributed by atoms with Crippen LogP contribution in [0.2, 0.25) is 0 Å². The number of aryl methyl sites for hydroxylation is 3. The summed E-state index contributed by atoms with van der Waals surface area (Å²) in [5, 5.41) is 12.5. The van der Waals surface area contributed by atoms with Gasteiger partial charge >= 0.3 is 5.97 Å². The average molecular weight is 485 g/mol. The van der Waals surface area contributed by atoms with Crippen molar-refractivity contribution < 1.29 is 24.2 Å². The van der Waals surface area contributed by atoms with Gasteiger partial charge < -0.3 is 19.9 Å². The summed E-state index contributed by atoms with van der Waals surface area (Å²) < 4.78 is 11.8. The number of ether oxygens (including phenoxy) is 2. The van der Waals surface area contributed by atoms with Crippen molar-refractivity contribution in [1.82, 2.24) is 10.3 Å². The molecule has 2 heterocycles. The Balaban J connectivity index is 1.02. The standard InChI is InChI=1S/C28H40N2O5/c31-26(32)24(30-27(33)28-13-4-3-7-25(28)35-16-14-28)12-15-34-22-17-19(18-22)8-10-21-11-9-20-5-1-2-6-23(20)29-21/h9,11,19,22,24-25H,1-8,10,12-18H2,(H,30,33)(H,31,32)/t19?,22?,24-,25?,28?/m0/s1. The highest BCUT2D eigenvalue weighted by atomic mass is 16.5. The van der Waals surface area contributed by atoms with Crippen LogP contribution in [-0.2, 0) is 38.3 Å². The van der Waals surface area contributed by atoms with Crippen LogP contribution in [0, 0.1) is 11.3 Å². The van der Waals surface area contributed by atoms with Gasteiger partial charge in [-0.2, -0.15) is 0 Å². The largest absolute Gasteiger partial charge is 0.480 e. The summed E-state index contributed by atoms with van der Waals surface area (Å²) in [5.74, 6) is -0.488. The van der Waals surface area contributed by atoms with Gasteiger partial charge in [0.1, 0.15) is 6.04 Å². The van der Waals surface area contributed by atoms with Crippen LogP contribution < -0.4 is 5.32 Å². The van der Waals surface area contributed by atoms with Crippen molar-refractivity contribution in [2.24, 2.45) is 11.3 Å². The number of carbonyl (C=O) groups is 2. The number of aliphatic carboxylic acids is 1. The van der Waals surface area contributed by atoms with E-state index in [2.05, 4.69) is 17.4 Å². The number of carboxylic acids is 1. The second kappa shape index (κ2) is 11.0. The predicted octanol–water partition coefficient (Wildman–Crippen LogP) is 4.00. The van der Waals surface area contributed by atoms with E-state index in [0.717, 1.165) is 57.8 Å². The predicted molar refractivity (Wildman–Crippen MR) is 131 cm³/mol. The highest BCUT2D eigenvalue weighted by Gasteiger charge is 2.51. The molecule has 1 aromatic heterocycles. The summed E-state index contributed by atoms with van der Waals surface area (Å²) in [5.41, 5.74) is 3.41. The molecule has 0 aromatic carbocycles. The molecule has 4 aliphatic rings. The molecule has 2 N–H and O–H groups in total. The maximum Gasteiger partial charge on any atom is 0.326 e. The quantitative estimate of drug-likeness (QED) is 0.521. The molecule has 1 amide bonds. The number of aromatic nitrogens is 1. The molecule has 0 bridgehead atoms. The minimum atomic E-state index is -0.992. The minimum absolute atomic E-state index is 0.0645. The molecule has 3 fully saturated rings. The fourth-order valence-corrected chi connectivity index (χ4v) is 6.57. The Morgan fingerprint density at radius 3 is 2.89 bits per heavy atom. The number of nitrogens with zero attached hydrogens (tertiary/aromatic N) is 1. The Morgan fingerprint density at radius 2 is 2.03 bits per heavy atom. The number of nitrogens with one attached hydrogen (secondary N) is 1. The van der Waals surface area contributed by atoms with Crippen molar-refractivity contribution in [1.29, 1.82) is 0 Å². The number of pyridine rings is 1. The lowest BCUT2D eigenvalue weighted by atomic mass is 9.70. The van der Waals surface area contributed by atoms with E-state index >= 15 is 0 Å². The molecule has 1 saturated heterocycles. The molecule has 2 unspecified atom stereocenters. The van der Waals surface area contributed by atoms with Crippen LogP contribution >= 0.6 is 0 Å². The van der Waals surface area contributed by atoms with E-state index in [1.165, 1.54) is 36.2 Å². The highest BCUT2D eigenvalue weighted by Crippen LogP contribution is 2.45. The third-order valence-corrected chi connectivity index (χ3v) is 8.88. The third-order valence-electron chi connectivity index (χ3n) is 8.88. The number of fused-ring (bicyclic) bond motifs is 2. The molecule has 3 atom stereocenters. The van der Waals surface area contributed by atoms with Crippen molar-refractivity contribution in [2.45, 2.75) is 108 Å². The van der Waals surface area contributed by atoms with Crippen LogP contribution in [0.3, 0.4) is 0 Å². The molecular formula is C28H40N2O5. The van der Waals surface area contributed by atoms with Gasteiger partial charge in [0, 0.05) is 31.0 Å². The van der Waals surface area contributed by atoms with E-state index in [1.807, 2.05) is 0 Å². The zero-order valence-corrected chi connectivity index (χ0v) is 20.8. The Hall–Kier alpha value is -1.99. The zero-order chi connectivity index (χ0) is 24.3. The molecular weight excluding hydrogens is 444 g/mol. The third kappa shape index (κ3) is 5.56. The van der Waals surface area contributed by atoms with E-state index in [-0.39, 0.29) is 18.1 Å². The molecule has 7 nitrogen and oxygen atoms in total. The normalized spacial score (nSPS) is 30.6. The highest BCUT2D eigenvalue weighted by molar-refractivity contribution is 5.88. The van der Waals surface area contributed by atoms with Gasteiger partial charge in [-0.05, 0) is 88.2 Å². The number of carbonyl (C=O) groups excluding carboxylic acids is 1. The molecule has 1 aliphatic heterocycles. The number of hydrogen-bond acceptors (Lipinski definition) is 5. The smallest absolute Gasteiger partial charge is 0.326 e. The second-order valence-corrected chi connectivity index (χ2v) is 11.1. The van der Waals surface area contributed by atoms with Crippen molar-refractivity contribution in [2.75, 3.05) is 13.2 Å². The number of hydrogen-bond donors (Lipinski definition) is 2. The first-order valence-corrected chi connectivity index (χ1v) is 13.8. The number of carboxylic acid groups (broad SMARTS) is 1. The van der Waals surface area contributed by atoms with Crippen LogP contribution in [0.15, 0.2) is 12.1 Å². The molecule has 2 saturated carbocycles. The number of amides is 1. The molecule has 3 aliphatic carbocycles. The van der Waals surface area contributed by atoms with Crippen LogP contribution in [0.25, 0.3) is 0 Å². The first kappa shape index (κ1) is 24.7. The molecule has 35 heavy (non-hydrogen) atoms. The van der Waals surface area contributed by atoms with Gasteiger partial charge in [0.15, 0.2) is 0 Å². The Morgan fingerprint density at radius 1 is 1.17 bits per heavy atom. The van der Waals surface area contributed by atoms with Crippen LogP contribution in [0.5, 0.6) is 0 Å². The molecule has 1 aromatic rings. The van der Waals surface area contributed by atoms with Crippen molar-refractivity contribution in [3.05, 3.63) is 29.1 Å². The Kier molecular flexibility index (Phi) is 7.73. The van der Waals surface area contributed by atoms with E-state index in [0.29, 0.717) is 32.0 Å². The lowest BCUT2D eigenvalue weighted by Gasteiger charge is -2.37. The van der Waals surface area contributed by atoms with E-state index in [9.17, 15) is 14.7 Å². The lowest BCUT2D eigenvalue weighted by molar-refractivity contribution is -0.147. The van der Waals surface area contributed by atoms with Crippen molar-refractivity contribution >= 4 is 11.9 Å². The fourth-order valence-electron chi connectivity index (χ4n) is 6.57. The van der Waals surface area contributed by atoms with Gasteiger partial charge in [0.2, 0.25) is 5.91 Å². The topological polar surface area (TPSA) is 97.8 Å². The Labute approximate surface area is 208 Å². The van der Waals surface area contributed by atoms with Gasteiger partial charge in [-0.1, -0.05) is 18.9 Å². The summed E-state index contributed by atoms with van der Waals surface area (Å²) >= 11 is 0. The monoisotopic (exact) mass is 484 g/mol. The summed E-state index contributed by atoms with van der Waals surface area (Å²) in [4.78, 5) is 29.8. The maximum atomic E-state index is 13.1. The van der Waals surface area contributed by atoms with Gasteiger partial charge in [-0.25, -0.2) is 4.79 Å². The van der Waals surface area contributed by atoms with Crippen LogP contribution in [0.1, 0.15) is 87.6 Å². The molecule has 192 valence electrons. The second-order valence-electron chi connectivity index (χ2n) is 11.1. The minimum Gasteiger partial charge on any atom is -0.480 e. The maximum absolute atomic E-state index is 13.1. The summed E-state index contributed by atoms with van der Waals surface area (Å²) in [6.07, 6.45) is 13.9. The SMILES string of the molecule is O=C(O)[C@H](CCOC1CC(CCc2ccc3c(n2)CCCC3)C1)NC(=O)C12CCCCC1OCC2. The lowest BCUT2D eigenvalue weighted by Crippen LogP contribution is -2.53.